The number of fused-ring (bicyclic) bond motifs is 2. The van der Waals surface area contributed by atoms with Crippen LogP contribution < -0.4 is 10.1 Å². The minimum absolute atomic E-state index is 0.0238. The number of anilines is 1. The first kappa shape index (κ1) is 26.8. The van der Waals surface area contributed by atoms with Crippen molar-refractivity contribution in [3.63, 3.8) is 0 Å². The number of halogens is 1. The highest BCUT2D eigenvalue weighted by Gasteiger charge is 2.19. The molecule has 0 unspecified atom stereocenters. The van der Waals surface area contributed by atoms with Crippen molar-refractivity contribution < 1.29 is 13.9 Å². The van der Waals surface area contributed by atoms with E-state index < -0.39 is 0 Å². The lowest BCUT2D eigenvalue weighted by atomic mass is 9.87. The first-order chi connectivity index (χ1) is 21.0. The Bertz CT molecular complexity index is 1960. The number of aromatic nitrogens is 6. The molecule has 1 amide bonds. The lowest BCUT2D eigenvalue weighted by molar-refractivity contribution is -0.117. The van der Waals surface area contributed by atoms with Gasteiger partial charge in [-0.2, -0.15) is 5.10 Å². The summed E-state index contributed by atoms with van der Waals surface area (Å²) in [4.78, 5) is 29.8. The van der Waals surface area contributed by atoms with Gasteiger partial charge < -0.3 is 15.0 Å². The second-order valence-electron chi connectivity index (χ2n) is 11.1. The molecule has 7 rings (SSSR count). The van der Waals surface area contributed by atoms with Gasteiger partial charge >= 0.3 is 0 Å². The zero-order chi connectivity index (χ0) is 29.3. The lowest BCUT2D eigenvalue weighted by Crippen LogP contribution is -2.18. The third kappa shape index (κ3) is 5.43. The largest absolute Gasteiger partial charge is 0.497 e. The van der Waals surface area contributed by atoms with E-state index in [-0.39, 0.29) is 11.7 Å². The zero-order valence-electron chi connectivity index (χ0n) is 23.7. The molecule has 0 bridgehead atoms. The molecular weight excluding hydrogens is 545 g/mol. The predicted octanol–water partition coefficient (Wildman–Crippen LogP) is 7.29. The molecule has 1 aliphatic carbocycles. The van der Waals surface area contributed by atoms with E-state index in [0.29, 0.717) is 46.2 Å². The minimum Gasteiger partial charge on any atom is -0.497 e. The smallest absolute Gasteiger partial charge is 0.224 e. The number of carbonyl (C=O) groups excluding carboxylic acids is 1. The van der Waals surface area contributed by atoms with Crippen LogP contribution in [0.4, 0.5) is 10.1 Å². The summed E-state index contributed by atoms with van der Waals surface area (Å²) in [6.45, 7) is 0. The van der Waals surface area contributed by atoms with Crippen molar-refractivity contribution in [2.24, 2.45) is 5.92 Å². The fourth-order valence-corrected chi connectivity index (χ4v) is 6.01. The van der Waals surface area contributed by atoms with Crippen LogP contribution in [0.5, 0.6) is 5.75 Å². The molecule has 3 N–H and O–H groups in total. The van der Waals surface area contributed by atoms with E-state index in [1.54, 1.807) is 30.9 Å². The number of hydrogen-bond acceptors (Lipinski definition) is 6. The summed E-state index contributed by atoms with van der Waals surface area (Å²) in [6.07, 6.45) is 13.3. The number of methoxy groups -OCH3 is 1. The number of nitrogens with zero attached hydrogens (tertiary/aromatic N) is 4. The molecule has 216 valence electrons. The standard InChI is InChI=1S/C33H30FN7O2/c1-43-24-12-20(10-22(34)13-24)26-17-36-18-30-25(26)14-29(38-30)33-32-28(40-41-33)8-7-27(39-32)21-11-23(16-35-15-21)37-31(42)9-19-5-3-2-4-6-19/h7-8,10-19,38H,2-6,9H2,1H3,(H,37,42)(H,40,41). The molecule has 1 saturated carbocycles. The number of nitrogens with one attached hydrogen (secondary N) is 3. The molecule has 6 aromatic rings. The fourth-order valence-electron chi connectivity index (χ4n) is 6.01. The molecule has 1 aliphatic rings. The summed E-state index contributed by atoms with van der Waals surface area (Å²) < 4.78 is 19.6. The summed E-state index contributed by atoms with van der Waals surface area (Å²) in [5.41, 5.74) is 7.18. The molecule has 10 heteroatoms. The predicted molar refractivity (Wildman–Crippen MR) is 164 cm³/mol. The highest BCUT2D eigenvalue weighted by atomic mass is 19.1. The molecule has 1 aromatic carbocycles. The summed E-state index contributed by atoms with van der Waals surface area (Å²) in [5, 5.41) is 11.5. The average Bonchev–Trinajstić information content (AvgIpc) is 3.65. The van der Waals surface area contributed by atoms with Gasteiger partial charge in [0.05, 0.1) is 47.6 Å². The number of amides is 1. The second-order valence-corrected chi connectivity index (χ2v) is 11.1. The number of aromatic amines is 2. The van der Waals surface area contributed by atoms with Gasteiger partial charge in [-0.3, -0.25) is 19.9 Å². The molecule has 0 spiro atoms. The number of hydrogen-bond donors (Lipinski definition) is 3. The Balaban J connectivity index is 1.20. The van der Waals surface area contributed by atoms with Gasteiger partial charge in [-0.25, -0.2) is 9.37 Å². The summed E-state index contributed by atoms with van der Waals surface area (Å²) >= 11 is 0. The number of pyridine rings is 3. The highest BCUT2D eigenvalue weighted by molar-refractivity contribution is 6.00. The molecule has 43 heavy (non-hydrogen) atoms. The van der Waals surface area contributed by atoms with Crippen LogP contribution in [0.15, 0.2) is 67.3 Å². The molecule has 5 heterocycles. The normalized spacial score (nSPS) is 13.9. The quantitative estimate of drug-likeness (QED) is 0.184. The third-order valence-electron chi connectivity index (χ3n) is 8.14. The number of H-pyrrole nitrogens is 2. The van der Waals surface area contributed by atoms with Crippen molar-refractivity contribution in [2.45, 2.75) is 38.5 Å². The van der Waals surface area contributed by atoms with E-state index in [4.69, 9.17) is 9.72 Å². The number of rotatable bonds is 7. The van der Waals surface area contributed by atoms with Crippen molar-refractivity contribution in [1.29, 1.82) is 0 Å². The Kier molecular flexibility index (Phi) is 7.02. The highest BCUT2D eigenvalue weighted by Crippen LogP contribution is 2.35. The van der Waals surface area contributed by atoms with Crippen LogP contribution in [0.2, 0.25) is 0 Å². The molecule has 5 aromatic heterocycles. The van der Waals surface area contributed by atoms with E-state index in [0.717, 1.165) is 46.1 Å². The van der Waals surface area contributed by atoms with E-state index >= 15 is 0 Å². The molecule has 0 saturated heterocycles. The van der Waals surface area contributed by atoms with E-state index in [1.165, 1.54) is 38.5 Å². The number of carbonyl (C=O) groups is 1. The van der Waals surface area contributed by atoms with Crippen molar-refractivity contribution in [1.82, 2.24) is 30.1 Å². The Labute approximate surface area is 247 Å². The number of benzene rings is 1. The Morgan fingerprint density at radius 1 is 0.977 bits per heavy atom. The third-order valence-corrected chi connectivity index (χ3v) is 8.14. The molecule has 0 aliphatic heterocycles. The first-order valence-electron chi connectivity index (χ1n) is 14.5. The van der Waals surface area contributed by atoms with Crippen molar-refractivity contribution >= 4 is 33.5 Å². The van der Waals surface area contributed by atoms with Crippen molar-refractivity contribution in [2.75, 3.05) is 12.4 Å². The monoisotopic (exact) mass is 575 g/mol. The van der Waals surface area contributed by atoms with E-state index in [9.17, 15) is 9.18 Å². The number of ether oxygens (including phenoxy) is 1. The fraction of sp³-hybridized carbons (Fsp3) is 0.242. The maximum Gasteiger partial charge on any atom is 0.224 e. The van der Waals surface area contributed by atoms with Gasteiger partial charge in [0.15, 0.2) is 0 Å². The summed E-state index contributed by atoms with van der Waals surface area (Å²) in [6, 6.07) is 12.3. The molecular formula is C33H30FN7O2. The van der Waals surface area contributed by atoms with Crippen LogP contribution >= 0.6 is 0 Å². The van der Waals surface area contributed by atoms with Gasteiger partial charge in [0, 0.05) is 41.4 Å². The van der Waals surface area contributed by atoms with Crippen LogP contribution in [0, 0.1) is 11.7 Å². The van der Waals surface area contributed by atoms with Gasteiger partial charge in [-0.1, -0.05) is 19.3 Å². The second kappa shape index (κ2) is 11.3. The van der Waals surface area contributed by atoms with Crippen LogP contribution in [0.3, 0.4) is 0 Å². The maximum atomic E-state index is 14.3. The maximum absolute atomic E-state index is 14.3. The van der Waals surface area contributed by atoms with E-state index in [1.807, 2.05) is 24.3 Å². The zero-order valence-corrected chi connectivity index (χ0v) is 23.7. The summed E-state index contributed by atoms with van der Waals surface area (Å²) in [5.74, 6) is 0.525. The molecule has 1 fully saturated rings. The van der Waals surface area contributed by atoms with Gasteiger partial charge in [0.1, 0.15) is 22.8 Å². The Morgan fingerprint density at radius 3 is 2.70 bits per heavy atom. The van der Waals surface area contributed by atoms with Crippen molar-refractivity contribution in [3.8, 4) is 39.5 Å². The SMILES string of the molecule is COc1cc(F)cc(-c2cncc3[nH]c(-c4n[nH]c5ccc(-c6cncc(NC(=O)CC7CCCCC7)c6)nc45)cc23)c1. The van der Waals surface area contributed by atoms with Crippen LogP contribution in [0.1, 0.15) is 38.5 Å². The molecule has 0 radical (unpaired) electrons. The Hall–Kier alpha value is -5.12. The van der Waals surface area contributed by atoms with Gasteiger partial charge in [-0.05, 0) is 60.7 Å². The first-order valence-corrected chi connectivity index (χ1v) is 14.5. The van der Waals surface area contributed by atoms with E-state index in [2.05, 4.69) is 30.5 Å². The van der Waals surface area contributed by atoms with Crippen LogP contribution in [0.25, 0.3) is 55.7 Å². The van der Waals surface area contributed by atoms with Crippen LogP contribution in [-0.4, -0.2) is 43.2 Å². The minimum atomic E-state index is -0.389. The van der Waals surface area contributed by atoms with Gasteiger partial charge in [0.2, 0.25) is 5.91 Å². The van der Waals surface area contributed by atoms with Gasteiger partial charge in [-0.15, -0.1) is 0 Å². The lowest BCUT2D eigenvalue weighted by Gasteiger charge is -2.20. The molecule has 0 atom stereocenters. The topological polar surface area (TPSA) is 121 Å². The average molecular weight is 576 g/mol. The van der Waals surface area contributed by atoms with Gasteiger partial charge in [0.25, 0.3) is 0 Å². The summed E-state index contributed by atoms with van der Waals surface area (Å²) in [7, 11) is 1.51. The molecule has 9 nitrogen and oxygen atoms in total. The van der Waals surface area contributed by atoms with Crippen LogP contribution in [-0.2, 0) is 4.79 Å². The van der Waals surface area contributed by atoms with Crippen molar-refractivity contribution in [3.05, 3.63) is 73.1 Å². The Morgan fingerprint density at radius 2 is 1.84 bits per heavy atom.